The Morgan fingerprint density at radius 2 is 0.556 bits per heavy atom. The number of rotatable bonds is 0. The van der Waals surface area contributed by atoms with Crippen molar-refractivity contribution in [3.05, 3.63) is 11.8 Å². The molecule has 0 nitrogen and oxygen atoms in total. The molecule has 9 heavy (non-hydrogen) atoms. The van der Waals surface area contributed by atoms with Crippen molar-refractivity contribution in [2.45, 2.75) is 41.5 Å². The maximum absolute atomic E-state index is 2.08. The second kappa shape index (κ2) is 11.3. The van der Waals surface area contributed by atoms with Crippen LogP contribution in [0, 0.1) is 11.8 Å². The summed E-state index contributed by atoms with van der Waals surface area (Å²) < 4.78 is 0. The van der Waals surface area contributed by atoms with Crippen LogP contribution in [0.3, 0.4) is 0 Å². The fourth-order valence-corrected chi connectivity index (χ4v) is 0. The maximum atomic E-state index is 2.08. The van der Waals surface area contributed by atoms with Crippen LogP contribution in [0.25, 0.3) is 0 Å². The van der Waals surface area contributed by atoms with Gasteiger partial charge in [0.15, 0.2) is 0 Å². The van der Waals surface area contributed by atoms with Gasteiger partial charge in [-0.25, -0.2) is 0 Å². The summed E-state index contributed by atoms with van der Waals surface area (Å²) in [5, 5.41) is 0. The molecule has 0 heterocycles. The summed E-state index contributed by atoms with van der Waals surface area (Å²) in [6.07, 6.45) is 0. The molecule has 0 aliphatic rings. The quantitative estimate of drug-likeness (QED) is 0.394. The van der Waals surface area contributed by atoms with Crippen molar-refractivity contribution in [3.8, 4) is 0 Å². The fourth-order valence-electron chi connectivity index (χ4n) is 0. The zero-order valence-corrected chi connectivity index (χ0v) is 8.24. The Balaban J connectivity index is -0.0000000720. The largest absolute Gasteiger partial charge is 2.00 e. The molecule has 0 bridgehead atoms. The van der Waals surface area contributed by atoms with Crippen molar-refractivity contribution in [1.29, 1.82) is 0 Å². The summed E-state index contributed by atoms with van der Waals surface area (Å²) in [4.78, 5) is 0. The average molecular weight is 178 g/mol. The summed E-state index contributed by atoms with van der Waals surface area (Å²) >= 11 is 0. The van der Waals surface area contributed by atoms with Crippen LogP contribution in [-0.4, -0.2) is 0 Å². The Morgan fingerprint density at radius 1 is 0.556 bits per heavy atom. The molecule has 0 aromatic carbocycles. The van der Waals surface area contributed by atoms with Crippen LogP contribution in [-0.2, 0) is 17.1 Å². The summed E-state index contributed by atoms with van der Waals surface area (Å²) in [6.45, 7) is 12.5. The average Bonchev–Trinajstić information content (AvgIpc) is 1.25. The van der Waals surface area contributed by atoms with Crippen molar-refractivity contribution in [3.63, 3.8) is 0 Å². The third-order valence-corrected chi connectivity index (χ3v) is 0. The summed E-state index contributed by atoms with van der Waals surface area (Å²) in [5.74, 6) is 2.83. The third-order valence-electron chi connectivity index (χ3n) is 0. The van der Waals surface area contributed by atoms with Gasteiger partial charge in [0.1, 0.15) is 0 Å². The van der Waals surface area contributed by atoms with Crippen molar-refractivity contribution in [1.82, 2.24) is 0 Å². The van der Waals surface area contributed by atoms with Gasteiger partial charge in [-0.3, -0.25) is 0 Å². The van der Waals surface area contributed by atoms with E-state index in [9.17, 15) is 0 Å². The van der Waals surface area contributed by atoms with Crippen LogP contribution >= 0.6 is 0 Å². The molecule has 0 saturated carbocycles. The SMILES string of the molecule is C[C-](C)C.C[C-](C)C.[Cu+2]. The minimum absolute atomic E-state index is 0. The van der Waals surface area contributed by atoms with Crippen LogP contribution < -0.4 is 0 Å². The molecule has 0 fully saturated rings. The second-order valence-electron chi connectivity index (χ2n) is 3.00. The topological polar surface area (TPSA) is 0 Å². The van der Waals surface area contributed by atoms with Gasteiger partial charge in [-0.05, 0) is 0 Å². The van der Waals surface area contributed by atoms with Gasteiger partial charge in [0.2, 0.25) is 0 Å². The Labute approximate surface area is 70.9 Å². The van der Waals surface area contributed by atoms with Gasteiger partial charge in [0.25, 0.3) is 0 Å². The van der Waals surface area contributed by atoms with Crippen LogP contribution in [0.2, 0.25) is 0 Å². The van der Waals surface area contributed by atoms with Gasteiger partial charge in [0, 0.05) is 0 Å². The van der Waals surface area contributed by atoms with E-state index >= 15 is 0 Å². The smallest absolute Gasteiger partial charge is 0.323 e. The predicted molar refractivity (Wildman–Crippen MR) is 40.5 cm³/mol. The summed E-state index contributed by atoms with van der Waals surface area (Å²) in [7, 11) is 0. The van der Waals surface area contributed by atoms with Crippen LogP contribution in [0.5, 0.6) is 0 Å². The minimum Gasteiger partial charge on any atom is -0.323 e. The van der Waals surface area contributed by atoms with Gasteiger partial charge in [-0.15, -0.1) is 0 Å². The molecule has 0 unspecified atom stereocenters. The van der Waals surface area contributed by atoms with E-state index in [2.05, 4.69) is 41.5 Å². The van der Waals surface area contributed by atoms with Crippen molar-refractivity contribution in [2.75, 3.05) is 0 Å². The predicted octanol–water partition coefficient (Wildman–Crippen LogP) is 3.24. The van der Waals surface area contributed by atoms with Gasteiger partial charge in [-0.1, -0.05) is 0 Å². The minimum atomic E-state index is 0. The Morgan fingerprint density at radius 3 is 0.556 bits per heavy atom. The molecule has 0 aliphatic heterocycles. The first-order valence-corrected chi connectivity index (χ1v) is 3.00. The normalized spacial score (nSPS) is 8.00. The first-order chi connectivity index (χ1) is 3.46. The van der Waals surface area contributed by atoms with E-state index in [4.69, 9.17) is 0 Å². The zero-order chi connectivity index (χ0) is 7.15. The monoisotopic (exact) mass is 177 g/mol. The van der Waals surface area contributed by atoms with Crippen molar-refractivity contribution in [2.24, 2.45) is 0 Å². The van der Waals surface area contributed by atoms with Gasteiger partial charge < -0.3 is 11.8 Å². The molecule has 0 rings (SSSR count). The standard InChI is InChI=1S/2C4H9.Cu/c2*1-4(2)3;/h2*1-3H3;/q2*-1;+2. The van der Waals surface area contributed by atoms with Crippen molar-refractivity contribution >= 4 is 0 Å². The molecular weight excluding hydrogens is 160 g/mol. The van der Waals surface area contributed by atoms with E-state index in [0.717, 1.165) is 0 Å². The third kappa shape index (κ3) is 1340. The van der Waals surface area contributed by atoms with E-state index in [-0.39, 0.29) is 17.1 Å². The molecule has 0 spiro atoms. The maximum Gasteiger partial charge on any atom is 2.00 e. The molecule has 1 heteroatoms. The molecule has 0 amide bonds. The van der Waals surface area contributed by atoms with E-state index < -0.39 is 0 Å². The molecule has 0 aliphatic carbocycles. The molecule has 0 N–H and O–H groups in total. The van der Waals surface area contributed by atoms with Gasteiger partial charge in [-0.2, -0.15) is 41.5 Å². The van der Waals surface area contributed by atoms with E-state index in [0.29, 0.717) is 0 Å². The second-order valence-corrected chi connectivity index (χ2v) is 3.00. The molecule has 0 aromatic rings. The van der Waals surface area contributed by atoms with E-state index in [1.165, 1.54) is 11.8 Å². The Bertz CT molecular complexity index is 20.0. The summed E-state index contributed by atoms with van der Waals surface area (Å²) in [6, 6.07) is 0. The fraction of sp³-hybridized carbons (Fsp3) is 0.750. The molecule has 0 atom stereocenters. The molecular formula is C8H18Cu. The van der Waals surface area contributed by atoms with Crippen LogP contribution in [0.4, 0.5) is 0 Å². The molecule has 0 aromatic heterocycles. The number of hydrogen-bond acceptors (Lipinski definition) is 0. The first-order valence-electron chi connectivity index (χ1n) is 3.00. The number of hydrogen-bond donors (Lipinski definition) is 0. The van der Waals surface area contributed by atoms with Crippen LogP contribution in [0.1, 0.15) is 41.5 Å². The van der Waals surface area contributed by atoms with E-state index in [1.807, 2.05) is 0 Å². The van der Waals surface area contributed by atoms with Crippen LogP contribution in [0.15, 0.2) is 0 Å². The molecule has 61 valence electrons. The first kappa shape index (κ1) is 16.3. The Kier molecular flexibility index (Phi) is 20.5. The molecule has 0 saturated heterocycles. The van der Waals surface area contributed by atoms with Gasteiger partial charge in [0.05, 0.1) is 0 Å². The van der Waals surface area contributed by atoms with Gasteiger partial charge >= 0.3 is 17.1 Å². The summed E-state index contributed by atoms with van der Waals surface area (Å²) in [5.41, 5.74) is 0. The van der Waals surface area contributed by atoms with Crippen molar-refractivity contribution < 1.29 is 17.1 Å². The van der Waals surface area contributed by atoms with E-state index in [1.54, 1.807) is 0 Å². The Hall–Kier alpha value is 0.519. The zero-order valence-electron chi connectivity index (χ0n) is 7.30. The molecule has 1 radical (unpaired) electrons.